The number of aromatic nitrogens is 1. The Bertz CT molecular complexity index is 826. The Hall–Kier alpha value is -2.13. The molecule has 1 aromatic carbocycles. The van der Waals surface area contributed by atoms with Crippen LogP contribution in [0.3, 0.4) is 0 Å². The molecule has 1 atom stereocenters. The van der Waals surface area contributed by atoms with Gasteiger partial charge in [-0.15, -0.1) is 11.6 Å². The molecule has 0 saturated carbocycles. The van der Waals surface area contributed by atoms with Crippen LogP contribution in [-0.2, 0) is 6.42 Å². The lowest BCUT2D eigenvalue weighted by atomic mass is 9.99. The molecular formula is C23H29ClN2O. The van der Waals surface area contributed by atoms with Gasteiger partial charge in [-0.05, 0) is 49.5 Å². The summed E-state index contributed by atoms with van der Waals surface area (Å²) in [6.07, 6.45) is 9.74. The smallest absolute Gasteiger partial charge is 0.270 e. The Morgan fingerprint density at radius 3 is 2.74 bits per heavy atom. The summed E-state index contributed by atoms with van der Waals surface area (Å²) in [5, 5.41) is 4.21. The van der Waals surface area contributed by atoms with E-state index in [1.807, 2.05) is 43.3 Å². The minimum absolute atomic E-state index is 0.0966. The molecule has 0 spiro atoms. The number of allylic oxidation sites excluding steroid dienone is 4. The number of alkyl halides is 1. The number of pyridine rings is 1. The van der Waals surface area contributed by atoms with Gasteiger partial charge in [-0.25, -0.2) is 4.98 Å². The van der Waals surface area contributed by atoms with Crippen LogP contribution in [0.2, 0.25) is 0 Å². The standard InChI is InChI=1S/C23H29ClN2O/c1-4-10-19(6-3)25-23(27)22-16-18(15-17(5-2)11-9-14-24)20-12-7-8-13-21(20)26-22/h5,7-9,11-13,16,19H,4,6,10,14-15H2,1-3H3,(H,25,27)/b11-9-,17-5+/t19-/m1/s1. The van der Waals surface area contributed by atoms with Gasteiger partial charge in [-0.3, -0.25) is 4.79 Å². The van der Waals surface area contributed by atoms with Crippen LogP contribution in [0, 0.1) is 0 Å². The lowest BCUT2D eigenvalue weighted by Gasteiger charge is -2.16. The summed E-state index contributed by atoms with van der Waals surface area (Å²) in [6, 6.07) is 10.1. The molecule has 1 heterocycles. The average Bonchev–Trinajstić information content (AvgIpc) is 2.70. The topological polar surface area (TPSA) is 42.0 Å². The molecule has 3 nitrogen and oxygen atoms in total. The Morgan fingerprint density at radius 1 is 1.30 bits per heavy atom. The maximum atomic E-state index is 12.8. The van der Waals surface area contributed by atoms with Crippen LogP contribution >= 0.6 is 11.6 Å². The molecule has 0 unspecified atom stereocenters. The van der Waals surface area contributed by atoms with Crippen molar-refractivity contribution in [2.45, 2.75) is 52.5 Å². The highest BCUT2D eigenvalue weighted by molar-refractivity contribution is 6.18. The van der Waals surface area contributed by atoms with Crippen LogP contribution in [-0.4, -0.2) is 22.8 Å². The Morgan fingerprint density at radius 2 is 2.07 bits per heavy atom. The van der Waals surface area contributed by atoms with Crippen molar-refractivity contribution in [1.29, 1.82) is 0 Å². The summed E-state index contributed by atoms with van der Waals surface area (Å²) in [6.45, 7) is 6.25. The van der Waals surface area contributed by atoms with Gasteiger partial charge in [0, 0.05) is 17.3 Å². The maximum Gasteiger partial charge on any atom is 0.270 e. The van der Waals surface area contributed by atoms with Crippen molar-refractivity contribution in [3.8, 4) is 0 Å². The molecule has 1 amide bonds. The van der Waals surface area contributed by atoms with Gasteiger partial charge in [-0.1, -0.05) is 56.7 Å². The number of hydrogen-bond acceptors (Lipinski definition) is 2. The van der Waals surface area contributed by atoms with E-state index in [1.165, 1.54) is 0 Å². The van der Waals surface area contributed by atoms with E-state index in [4.69, 9.17) is 11.6 Å². The van der Waals surface area contributed by atoms with Crippen LogP contribution in [0.1, 0.15) is 56.1 Å². The van der Waals surface area contributed by atoms with E-state index in [1.54, 1.807) is 0 Å². The van der Waals surface area contributed by atoms with Crippen LogP contribution in [0.4, 0.5) is 0 Å². The van der Waals surface area contributed by atoms with Gasteiger partial charge in [0.1, 0.15) is 5.69 Å². The zero-order valence-corrected chi connectivity index (χ0v) is 17.2. The van der Waals surface area contributed by atoms with Gasteiger partial charge in [0.2, 0.25) is 0 Å². The molecule has 0 fully saturated rings. The minimum Gasteiger partial charge on any atom is -0.348 e. The summed E-state index contributed by atoms with van der Waals surface area (Å²) in [5.41, 5.74) is 3.59. The molecule has 144 valence electrons. The van der Waals surface area contributed by atoms with Crippen molar-refractivity contribution in [2.24, 2.45) is 0 Å². The number of para-hydroxylation sites is 1. The first-order valence-electron chi connectivity index (χ1n) is 9.70. The third kappa shape index (κ3) is 5.93. The fraction of sp³-hybridized carbons (Fsp3) is 0.391. The normalized spacial score (nSPS) is 13.3. The van der Waals surface area contributed by atoms with Crippen molar-refractivity contribution < 1.29 is 4.79 Å². The van der Waals surface area contributed by atoms with Gasteiger partial charge < -0.3 is 5.32 Å². The molecule has 0 radical (unpaired) electrons. The number of fused-ring (bicyclic) bond motifs is 1. The zero-order valence-electron chi connectivity index (χ0n) is 16.5. The van der Waals surface area contributed by atoms with Crippen molar-refractivity contribution in [3.05, 3.63) is 65.4 Å². The van der Waals surface area contributed by atoms with Crippen LogP contribution in [0.5, 0.6) is 0 Å². The van der Waals surface area contributed by atoms with E-state index in [0.29, 0.717) is 11.6 Å². The maximum absolute atomic E-state index is 12.8. The predicted octanol–water partition coefficient (Wildman–Crippen LogP) is 5.83. The number of amides is 1. The molecule has 0 aliphatic carbocycles. The molecule has 0 saturated heterocycles. The highest BCUT2D eigenvalue weighted by Gasteiger charge is 2.15. The second kappa shape index (κ2) is 10.9. The lowest BCUT2D eigenvalue weighted by Crippen LogP contribution is -2.34. The van der Waals surface area contributed by atoms with Crippen molar-refractivity contribution in [3.63, 3.8) is 0 Å². The van der Waals surface area contributed by atoms with E-state index in [2.05, 4.69) is 36.3 Å². The van der Waals surface area contributed by atoms with Gasteiger partial charge in [-0.2, -0.15) is 0 Å². The predicted molar refractivity (Wildman–Crippen MR) is 116 cm³/mol. The fourth-order valence-electron chi connectivity index (χ4n) is 3.17. The Balaban J connectivity index is 2.38. The second-order valence-electron chi connectivity index (χ2n) is 6.65. The van der Waals surface area contributed by atoms with Gasteiger partial charge in [0.05, 0.1) is 5.52 Å². The largest absolute Gasteiger partial charge is 0.348 e. The average molecular weight is 385 g/mol. The zero-order chi connectivity index (χ0) is 19.6. The highest BCUT2D eigenvalue weighted by Crippen LogP contribution is 2.22. The first-order valence-corrected chi connectivity index (χ1v) is 10.2. The van der Waals surface area contributed by atoms with E-state index in [0.717, 1.165) is 47.7 Å². The van der Waals surface area contributed by atoms with Crippen molar-refractivity contribution in [1.82, 2.24) is 10.3 Å². The third-order valence-electron chi connectivity index (χ3n) is 4.69. The van der Waals surface area contributed by atoms with E-state index in [-0.39, 0.29) is 11.9 Å². The Kier molecular flexibility index (Phi) is 8.53. The molecule has 0 aliphatic rings. The number of rotatable bonds is 9. The Labute approximate surface area is 167 Å². The lowest BCUT2D eigenvalue weighted by molar-refractivity contribution is 0.0929. The number of carbonyl (C=O) groups excluding carboxylic acids is 1. The molecular weight excluding hydrogens is 356 g/mol. The van der Waals surface area contributed by atoms with E-state index >= 15 is 0 Å². The number of nitrogens with zero attached hydrogens (tertiary/aromatic N) is 1. The fourth-order valence-corrected chi connectivity index (χ4v) is 3.26. The van der Waals surface area contributed by atoms with Crippen LogP contribution in [0.25, 0.3) is 10.9 Å². The van der Waals surface area contributed by atoms with Crippen molar-refractivity contribution in [2.75, 3.05) is 5.88 Å². The number of hydrogen-bond donors (Lipinski definition) is 1. The molecule has 0 bridgehead atoms. The monoisotopic (exact) mass is 384 g/mol. The summed E-state index contributed by atoms with van der Waals surface area (Å²) in [5.74, 6) is 0.387. The summed E-state index contributed by atoms with van der Waals surface area (Å²) < 4.78 is 0. The van der Waals surface area contributed by atoms with E-state index in [9.17, 15) is 4.79 Å². The number of carbonyl (C=O) groups is 1. The highest BCUT2D eigenvalue weighted by atomic mass is 35.5. The SMILES string of the molecule is C/C=C(\C=C/CCl)Cc1cc(C(=O)N[C@H](CC)CCC)nc2ccccc12. The number of halogens is 1. The van der Waals surface area contributed by atoms with Crippen LogP contribution in [0.15, 0.2) is 54.1 Å². The minimum atomic E-state index is -0.0966. The van der Waals surface area contributed by atoms with Gasteiger partial charge in [0.25, 0.3) is 5.91 Å². The molecule has 0 aliphatic heterocycles. The molecule has 1 aromatic heterocycles. The first kappa shape index (κ1) is 21.2. The number of benzene rings is 1. The first-order chi connectivity index (χ1) is 13.1. The van der Waals surface area contributed by atoms with Gasteiger partial charge >= 0.3 is 0 Å². The summed E-state index contributed by atoms with van der Waals surface area (Å²) in [4.78, 5) is 17.4. The summed E-state index contributed by atoms with van der Waals surface area (Å²) >= 11 is 5.78. The van der Waals surface area contributed by atoms with Crippen LogP contribution < -0.4 is 5.32 Å². The molecule has 1 N–H and O–H groups in total. The van der Waals surface area contributed by atoms with Gasteiger partial charge in [0.15, 0.2) is 0 Å². The van der Waals surface area contributed by atoms with Crippen molar-refractivity contribution >= 4 is 28.4 Å². The summed E-state index contributed by atoms with van der Waals surface area (Å²) in [7, 11) is 0. The molecule has 27 heavy (non-hydrogen) atoms. The quantitative estimate of drug-likeness (QED) is 0.436. The second-order valence-corrected chi connectivity index (χ2v) is 6.96. The van der Waals surface area contributed by atoms with E-state index < -0.39 is 0 Å². The third-order valence-corrected chi connectivity index (χ3v) is 4.86. The number of nitrogens with one attached hydrogen (secondary N) is 1. The molecule has 4 heteroatoms. The molecule has 2 rings (SSSR count). The molecule has 2 aromatic rings.